The summed E-state index contributed by atoms with van der Waals surface area (Å²) >= 11 is 0. The molecule has 1 N–H and O–H groups in total. The maximum atomic E-state index is 10.1. The number of aliphatic hydroxyl groups is 1. The number of nitrogens with zero attached hydrogens (tertiary/aromatic N) is 5. The van der Waals surface area contributed by atoms with Crippen molar-refractivity contribution in [2.24, 2.45) is 7.05 Å². The van der Waals surface area contributed by atoms with Crippen molar-refractivity contribution in [1.29, 1.82) is 0 Å². The molecule has 0 saturated carbocycles. The van der Waals surface area contributed by atoms with Gasteiger partial charge in [-0.1, -0.05) is 0 Å². The first kappa shape index (κ1) is 11.7. The molecule has 0 amide bonds. The van der Waals surface area contributed by atoms with Crippen LogP contribution in [0.2, 0.25) is 0 Å². The summed E-state index contributed by atoms with van der Waals surface area (Å²) in [5.41, 5.74) is 2.62. The molecule has 1 atom stereocenters. The second kappa shape index (κ2) is 4.58. The van der Waals surface area contributed by atoms with Gasteiger partial charge < -0.3 is 5.11 Å². The molecule has 0 fully saturated rings. The molecule has 6 nitrogen and oxygen atoms in total. The Kier molecular flexibility index (Phi) is 3.14. The van der Waals surface area contributed by atoms with Crippen molar-refractivity contribution in [2.45, 2.75) is 26.4 Å². The van der Waals surface area contributed by atoms with Crippen LogP contribution in [0, 0.1) is 13.8 Å². The van der Waals surface area contributed by atoms with Gasteiger partial charge in [0.2, 0.25) is 0 Å². The number of aryl methyl sites for hydroxylation is 3. The summed E-state index contributed by atoms with van der Waals surface area (Å²) in [5, 5.41) is 21.7. The molecule has 2 aromatic rings. The highest BCUT2D eigenvalue weighted by atomic mass is 16.3. The minimum absolute atomic E-state index is 0.358. The lowest BCUT2D eigenvalue weighted by Crippen LogP contribution is -2.05. The second-order valence-corrected chi connectivity index (χ2v) is 4.10. The SMILES string of the molecule is Cc1cc(C(O)Cc2nnn(C)n2)cc(C)n1. The average molecular weight is 233 g/mol. The van der Waals surface area contributed by atoms with Crippen molar-refractivity contribution >= 4 is 0 Å². The fourth-order valence-corrected chi connectivity index (χ4v) is 1.76. The lowest BCUT2D eigenvalue weighted by Gasteiger charge is -2.10. The standard InChI is InChI=1S/C11H15N5O/c1-7-4-9(5-8(2)12-7)10(17)6-11-13-15-16(3)14-11/h4-5,10,17H,6H2,1-3H3. The van der Waals surface area contributed by atoms with E-state index in [1.165, 1.54) is 4.80 Å². The Labute approximate surface area is 99.3 Å². The molecule has 0 aliphatic rings. The third-order valence-corrected chi connectivity index (χ3v) is 2.41. The molecule has 0 radical (unpaired) electrons. The number of hydrogen-bond donors (Lipinski definition) is 1. The molecule has 0 bridgehead atoms. The van der Waals surface area contributed by atoms with Crippen molar-refractivity contribution in [2.75, 3.05) is 0 Å². The first-order valence-electron chi connectivity index (χ1n) is 5.41. The zero-order valence-corrected chi connectivity index (χ0v) is 10.1. The molecule has 0 aliphatic heterocycles. The zero-order chi connectivity index (χ0) is 12.4. The van der Waals surface area contributed by atoms with Gasteiger partial charge >= 0.3 is 0 Å². The number of hydrogen-bond acceptors (Lipinski definition) is 5. The number of aromatic nitrogens is 5. The van der Waals surface area contributed by atoms with Gasteiger partial charge in [0.25, 0.3) is 0 Å². The zero-order valence-electron chi connectivity index (χ0n) is 10.1. The van der Waals surface area contributed by atoms with Crippen LogP contribution in [0.1, 0.15) is 28.9 Å². The van der Waals surface area contributed by atoms with Gasteiger partial charge in [0.15, 0.2) is 5.82 Å². The van der Waals surface area contributed by atoms with Crippen LogP contribution < -0.4 is 0 Å². The minimum atomic E-state index is -0.625. The predicted octanol–water partition coefficient (Wildman–Crippen LogP) is 0.498. The summed E-state index contributed by atoms with van der Waals surface area (Å²) in [5.74, 6) is 0.534. The molecule has 0 aliphatic carbocycles. The molecule has 2 rings (SSSR count). The van der Waals surface area contributed by atoms with Gasteiger partial charge in [-0.2, -0.15) is 4.80 Å². The Morgan fingerprint density at radius 3 is 2.47 bits per heavy atom. The van der Waals surface area contributed by atoms with E-state index in [0.717, 1.165) is 17.0 Å². The van der Waals surface area contributed by atoms with Gasteiger partial charge in [-0.15, -0.1) is 10.2 Å². The van der Waals surface area contributed by atoms with Crippen LogP contribution in [0.3, 0.4) is 0 Å². The average Bonchev–Trinajstić information content (AvgIpc) is 2.62. The fraction of sp³-hybridized carbons (Fsp3) is 0.455. The highest BCUT2D eigenvalue weighted by Crippen LogP contribution is 2.17. The van der Waals surface area contributed by atoms with Gasteiger partial charge in [0.05, 0.1) is 13.2 Å². The molecule has 6 heteroatoms. The Balaban J connectivity index is 2.16. The Morgan fingerprint density at radius 2 is 1.94 bits per heavy atom. The summed E-state index contributed by atoms with van der Waals surface area (Å²) in [6.45, 7) is 3.81. The van der Waals surface area contributed by atoms with Crippen LogP contribution in [0.5, 0.6) is 0 Å². The molecule has 1 unspecified atom stereocenters. The van der Waals surface area contributed by atoms with Gasteiger partial charge in [-0.3, -0.25) is 4.98 Å². The van der Waals surface area contributed by atoms with E-state index in [9.17, 15) is 5.11 Å². The van der Waals surface area contributed by atoms with Crippen LogP contribution in [0.15, 0.2) is 12.1 Å². The maximum Gasteiger partial charge on any atom is 0.177 e. The van der Waals surface area contributed by atoms with E-state index in [2.05, 4.69) is 20.4 Å². The molecule has 2 aromatic heterocycles. The molecule has 17 heavy (non-hydrogen) atoms. The summed E-state index contributed by atoms with van der Waals surface area (Å²) in [4.78, 5) is 5.65. The van der Waals surface area contributed by atoms with Crippen molar-refractivity contribution in [3.8, 4) is 0 Å². The van der Waals surface area contributed by atoms with Crippen LogP contribution in [0.25, 0.3) is 0 Å². The monoisotopic (exact) mass is 233 g/mol. The normalized spacial score (nSPS) is 12.7. The largest absolute Gasteiger partial charge is 0.388 e. The third kappa shape index (κ3) is 2.85. The van der Waals surface area contributed by atoms with Crippen LogP contribution in [-0.2, 0) is 13.5 Å². The number of tetrazole rings is 1. The first-order valence-corrected chi connectivity index (χ1v) is 5.41. The highest BCUT2D eigenvalue weighted by Gasteiger charge is 2.13. The molecule has 0 spiro atoms. The third-order valence-electron chi connectivity index (χ3n) is 2.41. The Bertz CT molecular complexity index is 502. The lowest BCUT2D eigenvalue weighted by atomic mass is 10.1. The van der Waals surface area contributed by atoms with Gasteiger partial charge in [0, 0.05) is 17.8 Å². The van der Waals surface area contributed by atoms with Crippen LogP contribution >= 0.6 is 0 Å². The summed E-state index contributed by atoms with van der Waals surface area (Å²) in [7, 11) is 1.70. The second-order valence-electron chi connectivity index (χ2n) is 4.10. The molecule has 0 saturated heterocycles. The fourth-order valence-electron chi connectivity index (χ4n) is 1.76. The van der Waals surface area contributed by atoms with E-state index in [1.54, 1.807) is 7.05 Å². The van der Waals surface area contributed by atoms with E-state index >= 15 is 0 Å². The number of rotatable bonds is 3. The number of pyridine rings is 1. The molecular formula is C11H15N5O. The predicted molar refractivity (Wildman–Crippen MR) is 61.2 cm³/mol. The lowest BCUT2D eigenvalue weighted by molar-refractivity contribution is 0.175. The van der Waals surface area contributed by atoms with Crippen molar-refractivity contribution in [1.82, 2.24) is 25.2 Å². The van der Waals surface area contributed by atoms with Crippen molar-refractivity contribution in [3.63, 3.8) is 0 Å². The molecule has 0 aromatic carbocycles. The quantitative estimate of drug-likeness (QED) is 0.835. The van der Waals surface area contributed by atoms with Gasteiger partial charge in [-0.05, 0) is 36.8 Å². The van der Waals surface area contributed by atoms with E-state index in [-0.39, 0.29) is 0 Å². The molecule has 90 valence electrons. The Morgan fingerprint density at radius 1 is 1.29 bits per heavy atom. The maximum absolute atomic E-state index is 10.1. The highest BCUT2D eigenvalue weighted by molar-refractivity contribution is 5.23. The summed E-state index contributed by atoms with van der Waals surface area (Å²) in [6, 6.07) is 3.74. The van der Waals surface area contributed by atoms with Gasteiger partial charge in [-0.25, -0.2) is 0 Å². The van der Waals surface area contributed by atoms with E-state index in [4.69, 9.17) is 0 Å². The smallest absolute Gasteiger partial charge is 0.177 e. The minimum Gasteiger partial charge on any atom is -0.388 e. The van der Waals surface area contributed by atoms with Gasteiger partial charge in [0.1, 0.15) is 0 Å². The van der Waals surface area contributed by atoms with E-state index < -0.39 is 6.10 Å². The summed E-state index contributed by atoms with van der Waals surface area (Å²) < 4.78 is 0. The van der Waals surface area contributed by atoms with Crippen LogP contribution in [-0.4, -0.2) is 30.3 Å². The van der Waals surface area contributed by atoms with Crippen molar-refractivity contribution in [3.05, 3.63) is 34.9 Å². The molecular weight excluding hydrogens is 218 g/mol. The number of aliphatic hydroxyl groups excluding tert-OH is 1. The molecule has 2 heterocycles. The van der Waals surface area contributed by atoms with E-state index in [0.29, 0.717) is 12.2 Å². The Hall–Kier alpha value is -1.82. The topological polar surface area (TPSA) is 76.7 Å². The van der Waals surface area contributed by atoms with Crippen molar-refractivity contribution < 1.29 is 5.11 Å². The first-order chi connectivity index (χ1) is 8.04. The van der Waals surface area contributed by atoms with E-state index in [1.807, 2.05) is 26.0 Å². The summed E-state index contributed by atoms with van der Waals surface area (Å²) in [6.07, 6.45) is -0.268. The van der Waals surface area contributed by atoms with Crippen LogP contribution in [0.4, 0.5) is 0 Å².